The van der Waals surface area contributed by atoms with Gasteiger partial charge in [0.2, 0.25) is 0 Å². The quantitative estimate of drug-likeness (QED) is 0.174. The Hall–Kier alpha value is -1.99. The molecule has 0 radical (unpaired) electrons. The largest absolute Gasteiger partial charge is 0.177 e. The highest BCUT2D eigenvalue weighted by Crippen LogP contribution is 2.42. The predicted molar refractivity (Wildman–Crippen MR) is 222 cm³/mol. The van der Waals surface area contributed by atoms with Crippen LogP contribution in [-0.2, 0) is 0 Å². The fraction of sp³-hybridized carbons (Fsp3) is 0.476. The zero-order valence-corrected chi connectivity index (χ0v) is 37.0. The van der Waals surface area contributed by atoms with Crippen molar-refractivity contribution < 1.29 is 0 Å². The van der Waals surface area contributed by atoms with E-state index >= 15 is 0 Å². The Morgan fingerprint density at radius 3 is 0.913 bits per heavy atom. The Bertz CT molecular complexity index is 1610. The fourth-order valence-electron chi connectivity index (χ4n) is 10.1. The first kappa shape index (κ1) is 36.8. The van der Waals surface area contributed by atoms with Crippen LogP contribution >= 0.6 is 0 Å². The lowest BCUT2D eigenvalue weighted by molar-refractivity contribution is 0.851. The topological polar surface area (TPSA) is 0 Å². The minimum absolute atomic E-state index is 0.412. The van der Waals surface area contributed by atoms with Crippen LogP contribution in [0.1, 0.15) is 61.1 Å². The van der Waals surface area contributed by atoms with Gasteiger partial charge in [-0.15, -0.1) is 0 Å². The molecule has 1 unspecified atom stereocenters. The zero-order valence-electron chi connectivity index (χ0n) is 33.0. The van der Waals surface area contributed by atoms with Crippen molar-refractivity contribution >= 4 is 63.4 Å². The average Bonchev–Trinajstić information content (AvgIpc) is 3.07. The number of allylic oxidation sites excluding steroid dienone is 4. The van der Waals surface area contributed by atoms with Crippen LogP contribution in [0.5, 0.6) is 0 Å². The summed E-state index contributed by atoms with van der Waals surface area (Å²) in [6.07, 6.45) is 0. The number of aryl methyl sites for hydroxylation is 3. The molecule has 0 aromatic heterocycles. The smallest absolute Gasteiger partial charge is 0.0656 e. The molecule has 0 bridgehead atoms. The van der Waals surface area contributed by atoms with Crippen molar-refractivity contribution in [3.8, 4) is 0 Å². The summed E-state index contributed by atoms with van der Waals surface area (Å²) in [5.41, 5.74) is 13.8. The summed E-state index contributed by atoms with van der Waals surface area (Å²) in [4.78, 5) is 0. The van der Waals surface area contributed by atoms with Crippen LogP contribution in [0.15, 0.2) is 58.3 Å². The van der Waals surface area contributed by atoms with E-state index in [-0.39, 0.29) is 0 Å². The van der Waals surface area contributed by atoms with E-state index in [1.54, 1.807) is 64.2 Å². The molecule has 46 heavy (non-hydrogen) atoms. The maximum absolute atomic E-state index is 2.83. The molecule has 0 fully saturated rings. The van der Waals surface area contributed by atoms with Gasteiger partial charge in [-0.2, -0.15) is 0 Å². The molecule has 248 valence electrons. The number of hydrogen-bond acceptors (Lipinski definition) is 0. The van der Waals surface area contributed by atoms with Gasteiger partial charge in [0.05, 0.1) is 24.2 Å². The van der Waals surface area contributed by atoms with E-state index in [1.165, 1.54) is 22.3 Å². The molecule has 0 saturated carbocycles. The van der Waals surface area contributed by atoms with Crippen LogP contribution in [-0.4, -0.2) is 32.3 Å². The molecule has 0 amide bonds. The molecule has 1 atom stereocenters. The molecule has 3 aromatic carbocycles. The van der Waals surface area contributed by atoms with Crippen molar-refractivity contribution in [3.63, 3.8) is 0 Å². The Morgan fingerprint density at radius 2 is 0.696 bits per heavy atom. The Balaban J connectivity index is 2.48. The maximum Gasteiger partial charge on any atom is 0.177 e. The van der Waals surface area contributed by atoms with Gasteiger partial charge in [-0.1, -0.05) is 168 Å². The van der Waals surface area contributed by atoms with Gasteiger partial charge in [-0.3, -0.25) is 0 Å². The Kier molecular flexibility index (Phi) is 9.74. The van der Waals surface area contributed by atoms with Gasteiger partial charge in [0.1, 0.15) is 0 Å². The first-order chi connectivity index (χ1) is 20.9. The lowest BCUT2D eigenvalue weighted by Crippen LogP contribution is -2.74. The highest BCUT2D eigenvalue weighted by molar-refractivity contribution is 7.17. The van der Waals surface area contributed by atoms with Gasteiger partial charge in [0, 0.05) is 0 Å². The highest BCUT2D eigenvalue weighted by Gasteiger charge is 2.51. The molecule has 4 heteroatoms. The minimum Gasteiger partial charge on any atom is -0.0656 e. The van der Waals surface area contributed by atoms with E-state index < -0.39 is 32.3 Å². The molecule has 1 aliphatic carbocycles. The normalized spacial score (nSPS) is 16.6. The second kappa shape index (κ2) is 12.2. The van der Waals surface area contributed by atoms with Gasteiger partial charge in [0.25, 0.3) is 0 Å². The SMILES string of the molecule is CC1=C(C)C(C)C([Si](c2ccc(C)c([Si](C)(C)C)c2C)(c2ccc(C)c([Si](C)(C)C)c2C)c2ccc(C)c([Si](C)(C)C)c2C)=C1C. The highest BCUT2D eigenvalue weighted by atomic mass is 28.3. The van der Waals surface area contributed by atoms with E-state index in [4.69, 9.17) is 0 Å². The summed E-state index contributed by atoms with van der Waals surface area (Å²) in [5, 5.41) is 11.6. The number of rotatable bonds is 7. The number of hydrogen-bond donors (Lipinski definition) is 0. The van der Waals surface area contributed by atoms with Crippen LogP contribution in [0.25, 0.3) is 0 Å². The molecular weight excluding hydrogens is 617 g/mol. The van der Waals surface area contributed by atoms with Crippen molar-refractivity contribution in [1.82, 2.24) is 0 Å². The summed E-state index contributed by atoms with van der Waals surface area (Å²) < 4.78 is 0. The zero-order chi connectivity index (χ0) is 35.1. The number of benzene rings is 3. The summed E-state index contributed by atoms with van der Waals surface area (Å²) in [5.74, 6) is 0.412. The van der Waals surface area contributed by atoms with Crippen molar-refractivity contribution in [2.45, 2.75) is 128 Å². The van der Waals surface area contributed by atoms with Crippen LogP contribution in [0.4, 0.5) is 0 Å². The molecule has 0 saturated heterocycles. The molecule has 3 aromatic rings. The molecule has 1 aliphatic rings. The van der Waals surface area contributed by atoms with Crippen molar-refractivity contribution in [2.75, 3.05) is 0 Å². The van der Waals surface area contributed by atoms with Gasteiger partial charge < -0.3 is 0 Å². The van der Waals surface area contributed by atoms with Crippen molar-refractivity contribution in [1.29, 1.82) is 0 Å². The average molecular weight is 681 g/mol. The molecular formula is C42H64Si4. The summed E-state index contributed by atoms with van der Waals surface area (Å²) in [6.45, 7) is 47.4. The lowest BCUT2D eigenvalue weighted by Gasteiger charge is -2.44. The lowest BCUT2D eigenvalue weighted by atomic mass is 10.1. The first-order valence-electron chi connectivity index (χ1n) is 17.6. The summed E-state index contributed by atoms with van der Waals surface area (Å²) in [6, 6.07) is 15.3. The standard InChI is InChI=1S/C42H64Si4/c1-26-20-23-36(33(8)39(26)43(11,12)13)46(42-31(6)29(4)30(5)32(42)7,37-24-21-27(2)40(34(37)9)44(14,15)16)38-25-22-28(3)41(35(38)10)45(17,18)19/h20-25,31H,1-19H3. The van der Waals surface area contributed by atoms with Crippen molar-refractivity contribution in [3.05, 3.63) is 91.7 Å². The Labute approximate surface area is 287 Å². The molecule has 0 spiro atoms. The molecule has 4 rings (SSSR count). The van der Waals surface area contributed by atoms with Crippen LogP contribution in [0.2, 0.25) is 58.9 Å². The molecule has 0 heterocycles. The summed E-state index contributed by atoms with van der Waals surface area (Å²) in [7, 11) is -7.79. The van der Waals surface area contributed by atoms with Gasteiger partial charge in [0.15, 0.2) is 8.07 Å². The molecule has 0 nitrogen and oxygen atoms in total. The minimum atomic E-state index is -2.83. The molecule has 0 N–H and O–H groups in total. The first-order valence-corrected chi connectivity index (χ1v) is 30.1. The molecule has 0 aliphatic heterocycles. The van der Waals surface area contributed by atoms with Crippen LogP contribution in [0.3, 0.4) is 0 Å². The van der Waals surface area contributed by atoms with E-state index in [0.717, 1.165) is 0 Å². The van der Waals surface area contributed by atoms with E-state index in [0.29, 0.717) is 5.92 Å². The third-order valence-corrected chi connectivity index (χ3v) is 24.0. The van der Waals surface area contributed by atoms with Crippen LogP contribution in [0, 0.1) is 47.5 Å². The van der Waals surface area contributed by atoms with Gasteiger partial charge in [-0.25, -0.2) is 0 Å². The van der Waals surface area contributed by atoms with E-state index in [9.17, 15) is 0 Å². The fourth-order valence-corrected chi connectivity index (χ4v) is 24.4. The maximum atomic E-state index is 2.61. The second-order valence-electron chi connectivity index (χ2n) is 17.9. The predicted octanol–water partition coefficient (Wildman–Crippen LogP) is 8.48. The summed E-state index contributed by atoms with van der Waals surface area (Å²) >= 11 is 0. The van der Waals surface area contributed by atoms with E-state index in [1.807, 2.05) is 0 Å². The van der Waals surface area contributed by atoms with Crippen LogP contribution < -0.4 is 31.1 Å². The second-order valence-corrected chi connectivity index (χ2v) is 36.5. The Morgan fingerprint density at radius 1 is 0.413 bits per heavy atom. The third-order valence-electron chi connectivity index (χ3n) is 11.5. The van der Waals surface area contributed by atoms with Gasteiger partial charge in [-0.05, 0) is 89.4 Å². The van der Waals surface area contributed by atoms with Gasteiger partial charge >= 0.3 is 0 Å². The third kappa shape index (κ3) is 5.73. The van der Waals surface area contributed by atoms with Crippen molar-refractivity contribution in [2.24, 2.45) is 5.92 Å². The monoisotopic (exact) mass is 680 g/mol. The van der Waals surface area contributed by atoms with E-state index in [2.05, 4.69) is 165 Å².